The largest absolute Gasteiger partial charge is 0.743 e. The lowest BCUT2D eigenvalue weighted by Crippen LogP contribution is -2.39. The van der Waals surface area contributed by atoms with E-state index in [1.165, 1.54) is 12.8 Å². The van der Waals surface area contributed by atoms with Gasteiger partial charge in [-0.1, -0.05) is 0 Å². The predicted octanol–water partition coefficient (Wildman–Crippen LogP) is 0.702. The lowest BCUT2D eigenvalue weighted by Gasteiger charge is -2.35. The van der Waals surface area contributed by atoms with Gasteiger partial charge in [0.25, 0.3) is 10.1 Å². The number of alkyl halides is 6. The van der Waals surface area contributed by atoms with E-state index in [4.69, 9.17) is 13.7 Å². The number of carbonyl (C=O) groups is 11. The van der Waals surface area contributed by atoms with Crippen molar-refractivity contribution < 1.29 is 183 Å². The third kappa shape index (κ3) is 23.3. The zero-order chi connectivity index (χ0) is 72.5. The normalized spacial score (nSPS) is 26.3. The molecule has 6 aliphatic carbocycles. The van der Waals surface area contributed by atoms with Crippen molar-refractivity contribution in [2.45, 2.75) is 148 Å². The Morgan fingerprint density at radius 2 is 0.760 bits per heavy atom. The molecule has 10 atom stereocenters. The number of hydrogen-bond acceptors (Lipinski definition) is 34. The van der Waals surface area contributed by atoms with E-state index in [1.54, 1.807) is 0 Å². The Kier molecular flexibility index (Phi) is 29.6. The second-order valence-electron chi connectivity index (χ2n) is 22.6. The van der Waals surface area contributed by atoms with Gasteiger partial charge in [-0.25, -0.2) is 39.6 Å². The molecule has 44 heteroatoms. The van der Waals surface area contributed by atoms with Crippen LogP contribution in [0.2, 0.25) is 0 Å². The third-order valence-corrected chi connectivity index (χ3v) is 20.2. The van der Waals surface area contributed by atoms with E-state index in [-0.39, 0.29) is 73.8 Å². The summed E-state index contributed by atoms with van der Waals surface area (Å²) in [5.41, 5.74) is 0. The van der Waals surface area contributed by atoms with Crippen molar-refractivity contribution in [2.75, 3.05) is 61.0 Å². The van der Waals surface area contributed by atoms with E-state index in [2.05, 4.69) is 42.6 Å². The average Bonchev–Trinajstić information content (AvgIpc) is 1.58. The fraction of sp³-hybridized carbons (Fsp3) is 0.788. The van der Waals surface area contributed by atoms with Gasteiger partial charge in [-0.3, -0.25) is 42.5 Å². The first kappa shape index (κ1) is 81.8. The molecule has 6 saturated carbocycles. The molecule has 548 valence electrons. The summed E-state index contributed by atoms with van der Waals surface area (Å²) >= 11 is 0. The summed E-state index contributed by atoms with van der Waals surface area (Å²) in [6, 6.07) is 0. The van der Waals surface area contributed by atoms with Crippen molar-refractivity contribution in [3.8, 4) is 0 Å². The van der Waals surface area contributed by atoms with Gasteiger partial charge in [0.05, 0.1) is 83.0 Å². The fourth-order valence-corrected chi connectivity index (χ4v) is 14.5. The highest BCUT2D eigenvalue weighted by atomic mass is 32.2. The lowest BCUT2D eigenvalue weighted by atomic mass is 9.68. The molecule has 10 unspecified atom stereocenters. The van der Waals surface area contributed by atoms with Crippen molar-refractivity contribution in [3.05, 3.63) is 0 Å². The zero-order valence-electron chi connectivity index (χ0n) is 51.0. The molecule has 10 aliphatic rings. The van der Waals surface area contributed by atoms with E-state index in [1.807, 2.05) is 0 Å². The van der Waals surface area contributed by atoms with Crippen molar-refractivity contribution >= 4 is 106 Å². The molecule has 8 bridgehead atoms. The van der Waals surface area contributed by atoms with Crippen LogP contribution < -0.4 is 0 Å². The van der Waals surface area contributed by atoms with Gasteiger partial charge in [0, 0.05) is 11.8 Å². The molecule has 34 nitrogen and oxygen atoms in total. The minimum atomic E-state index is -6.19. The smallest absolute Gasteiger partial charge is 0.428 e. The minimum Gasteiger partial charge on any atom is -0.743 e. The maximum Gasteiger partial charge on any atom is 0.428 e. The molecule has 0 amide bonds. The standard InChI is InChI=1S/C10H14O2.3C9H12F2O9S.C8H10O2.C7H10O3S/c11-10-8-2-6-1-7(3-8)5-9(4-6)12-10;3*1-18-6(12)2-3-7(13)19-4-5-20-8(14)9(10,11)21(15,16)17;9-8-6-2-4-1-5(6)7(3-4)10-8;8-11(9)7-3-4-1-5(7)6(2-4)10-11/h6-9H,1-5H2;3*2-5H2,1H3,(H,15,16,17);4-7H,1-3H2;4-7H,1-3H2/p-3. The van der Waals surface area contributed by atoms with Crippen LogP contribution in [-0.4, -0.2) is 213 Å². The molecule has 0 aromatic carbocycles. The number of hydrogen-bond donors (Lipinski definition) is 0. The second-order valence-corrected chi connectivity index (χ2v) is 28.6. The Morgan fingerprint density at radius 1 is 0.427 bits per heavy atom. The highest BCUT2D eigenvalue weighted by Crippen LogP contribution is 2.55. The van der Waals surface area contributed by atoms with Crippen LogP contribution in [-0.2, 0) is 150 Å². The molecular formula is C52H67F6O34S4-3. The fourth-order valence-electron chi connectivity index (χ4n) is 11.7. The first-order valence-electron chi connectivity index (χ1n) is 28.9. The summed E-state index contributed by atoms with van der Waals surface area (Å²) in [4.78, 5) is 119. The number of esters is 11. The van der Waals surface area contributed by atoms with E-state index >= 15 is 0 Å². The molecule has 10 rings (SSSR count). The molecule has 10 fully saturated rings. The van der Waals surface area contributed by atoms with Crippen LogP contribution in [0.1, 0.15) is 109 Å². The van der Waals surface area contributed by atoms with Gasteiger partial charge in [-0.15, -0.1) is 0 Å². The SMILES string of the molecule is COC(=O)CCC(=O)OCCOC(=O)C(F)(F)S(=O)(=O)[O-].COC(=O)CCC(=O)OCCOC(=O)C(F)(F)S(=O)(=O)[O-].COC(=O)CCC(=O)OCCOC(=O)C(F)(F)S(=O)(=O)[O-].O=C1OC2CC3CC(C2)CC1C3.O=C1OC2CC3CC1C2C3.O=S1(=O)OC2CC3CC2C1C3. The molecule has 4 aliphatic heterocycles. The van der Waals surface area contributed by atoms with E-state index < -0.39 is 150 Å². The highest BCUT2D eigenvalue weighted by Gasteiger charge is 2.60. The molecule has 96 heavy (non-hydrogen) atoms. The Labute approximate surface area is 543 Å². The summed E-state index contributed by atoms with van der Waals surface area (Å²) in [5, 5.41) is -15.8. The summed E-state index contributed by atoms with van der Waals surface area (Å²) < 4.78 is 242. The summed E-state index contributed by atoms with van der Waals surface area (Å²) in [7, 11) is -18.4. The van der Waals surface area contributed by atoms with Gasteiger partial charge in [0.1, 0.15) is 51.8 Å². The molecule has 0 aromatic heterocycles. The van der Waals surface area contributed by atoms with Gasteiger partial charge in [0.15, 0.2) is 30.4 Å². The lowest BCUT2D eigenvalue weighted by molar-refractivity contribution is -0.165. The molecule has 4 heterocycles. The van der Waals surface area contributed by atoms with Crippen LogP contribution in [0.15, 0.2) is 0 Å². The first-order valence-corrected chi connectivity index (χ1v) is 34.6. The van der Waals surface area contributed by atoms with Crippen LogP contribution in [0.4, 0.5) is 26.3 Å². The Bertz CT molecular complexity index is 3070. The maximum absolute atomic E-state index is 12.6. The zero-order valence-corrected chi connectivity index (χ0v) is 54.2. The van der Waals surface area contributed by atoms with E-state index in [9.17, 15) is 126 Å². The minimum absolute atomic E-state index is 0.0590. The molecule has 0 radical (unpaired) electrons. The Balaban J connectivity index is 0.000000249. The maximum atomic E-state index is 12.6. The van der Waals surface area contributed by atoms with Crippen molar-refractivity contribution in [3.63, 3.8) is 0 Å². The van der Waals surface area contributed by atoms with Crippen LogP contribution >= 0.6 is 0 Å². The first-order chi connectivity index (χ1) is 44.4. The number of carbonyl (C=O) groups excluding carboxylic acids is 11. The van der Waals surface area contributed by atoms with Gasteiger partial charge in [-0.2, -0.15) is 34.8 Å². The molecule has 0 aromatic rings. The number of ether oxygens (including phenoxy) is 11. The molecule has 0 spiro atoms. The summed E-state index contributed by atoms with van der Waals surface area (Å²) in [6.45, 7) is -4.60. The second kappa shape index (κ2) is 34.7. The number of methoxy groups -OCH3 is 3. The van der Waals surface area contributed by atoms with Gasteiger partial charge in [-0.05, 0) is 94.3 Å². The summed E-state index contributed by atoms with van der Waals surface area (Å²) in [6.07, 6.45) is 11.3. The summed E-state index contributed by atoms with van der Waals surface area (Å²) in [5.74, 6) is -7.55. The monoisotopic (exact) mass is 1480 g/mol. The van der Waals surface area contributed by atoms with Gasteiger partial charge >= 0.3 is 81.4 Å². The van der Waals surface area contributed by atoms with Crippen molar-refractivity contribution in [2.24, 2.45) is 47.3 Å². The van der Waals surface area contributed by atoms with Crippen LogP contribution in [0.25, 0.3) is 0 Å². The topological polar surface area (TPSA) is 504 Å². The van der Waals surface area contributed by atoms with Gasteiger partial charge < -0.3 is 65.8 Å². The average molecular weight is 1480 g/mol. The molecule has 0 N–H and O–H groups in total. The van der Waals surface area contributed by atoms with Crippen molar-refractivity contribution in [1.82, 2.24) is 0 Å². The van der Waals surface area contributed by atoms with Crippen molar-refractivity contribution in [1.29, 1.82) is 0 Å². The van der Waals surface area contributed by atoms with E-state index in [0.29, 0.717) is 29.8 Å². The number of fused-ring (bicyclic) bond motifs is 3. The Morgan fingerprint density at radius 3 is 1.07 bits per heavy atom. The predicted molar refractivity (Wildman–Crippen MR) is 289 cm³/mol. The van der Waals surface area contributed by atoms with Crippen LogP contribution in [0.5, 0.6) is 0 Å². The quantitative estimate of drug-likeness (QED) is 0.0320. The number of halogens is 6. The highest BCUT2D eigenvalue weighted by molar-refractivity contribution is 7.88. The number of rotatable bonds is 24. The van der Waals surface area contributed by atoms with E-state index in [0.717, 1.165) is 96.9 Å². The molecular weight excluding hydrogens is 1410 g/mol. The third-order valence-electron chi connectivity index (χ3n) is 16.0. The molecule has 4 saturated heterocycles. The van der Waals surface area contributed by atoms with Crippen LogP contribution in [0, 0.1) is 47.3 Å². The Hall–Kier alpha value is -6.61. The van der Waals surface area contributed by atoms with Gasteiger partial charge in [0.2, 0.25) is 0 Å². The van der Waals surface area contributed by atoms with Crippen LogP contribution in [0.3, 0.4) is 0 Å².